The van der Waals surface area contributed by atoms with Crippen LogP contribution in [0.25, 0.3) is 0 Å². The molecule has 1 nitrogen and oxygen atoms in total. The second-order valence-corrected chi connectivity index (χ2v) is 4.21. The topological polar surface area (TPSA) is 20.2 Å². The minimum absolute atomic E-state index is 0.133. The van der Waals surface area contributed by atoms with Gasteiger partial charge in [-0.3, -0.25) is 0 Å². The number of aliphatic hydroxyl groups is 1. The van der Waals surface area contributed by atoms with Crippen LogP contribution in [-0.2, 0) is 0 Å². The summed E-state index contributed by atoms with van der Waals surface area (Å²) in [5.74, 6) is -4.95. The molecule has 0 aliphatic carbocycles. The van der Waals surface area contributed by atoms with E-state index in [0.29, 0.717) is 17.7 Å². The van der Waals surface area contributed by atoms with Crippen LogP contribution in [0.3, 0.4) is 0 Å². The summed E-state index contributed by atoms with van der Waals surface area (Å²) in [7, 11) is 0. The van der Waals surface area contributed by atoms with Gasteiger partial charge in [-0.15, -0.1) is 0 Å². The lowest BCUT2D eigenvalue weighted by Crippen LogP contribution is -2.04. The smallest absolute Gasteiger partial charge is 0.194 e. The van der Waals surface area contributed by atoms with E-state index < -0.39 is 29.4 Å². The van der Waals surface area contributed by atoms with Crippen molar-refractivity contribution in [3.8, 4) is 0 Å². The number of rotatable bonds is 2. The summed E-state index contributed by atoms with van der Waals surface area (Å²) in [4.78, 5) is 0. The Morgan fingerprint density at radius 1 is 0.842 bits per heavy atom. The maximum atomic E-state index is 13.4. The quantitative estimate of drug-likeness (QED) is 0.652. The molecule has 0 saturated carbocycles. The van der Waals surface area contributed by atoms with Crippen molar-refractivity contribution in [2.75, 3.05) is 0 Å². The van der Waals surface area contributed by atoms with E-state index >= 15 is 0 Å². The summed E-state index contributed by atoms with van der Waals surface area (Å²) in [6.45, 7) is 1.54. The van der Waals surface area contributed by atoms with Crippen LogP contribution in [0.15, 0.2) is 30.3 Å². The van der Waals surface area contributed by atoms with Gasteiger partial charge in [0.15, 0.2) is 17.5 Å². The fraction of sp³-hybridized carbons (Fsp3) is 0.143. The van der Waals surface area contributed by atoms with Crippen molar-refractivity contribution in [2.45, 2.75) is 13.0 Å². The van der Waals surface area contributed by atoms with Crippen molar-refractivity contribution >= 4 is 0 Å². The Labute approximate surface area is 107 Å². The van der Waals surface area contributed by atoms with E-state index in [4.69, 9.17) is 0 Å². The van der Waals surface area contributed by atoms with Gasteiger partial charge in [-0.1, -0.05) is 12.1 Å². The first-order valence-electron chi connectivity index (χ1n) is 5.48. The number of halogens is 4. The molecule has 100 valence electrons. The molecule has 1 atom stereocenters. The average molecular weight is 270 g/mol. The summed E-state index contributed by atoms with van der Waals surface area (Å²) < 4.78 is 52.3. The highest BCUT2D eigenvalue weighted by atomic mass is 19.2. The normalized spacial score (nSPS) is 12.5. The molecule has 1 unspecified atom stereocenters. The van der Waals surface area contributed by atoms with E-state index in [1.807, 2.05) is 0 Å². The summed E-state index contributed by atoms with van der Waals surface area (Å²) in [5, 5.41) is 9.92. The minimum atomic E-state index is -1.61. The zero-order chi connectivity index (χ0) is 14.2. The summed E-state index contributed by atoms with van der Waals surface area (Å²) >= 11 is 0. The minimum Gasteiger partial charge on any atom is -0.384 e. The van der Waals surface area contributed by atoms with Crippen LogP contribution in [0, 0.1) is 30.2 Å². The molecule has 2 rings (SSSR count). The van der Waals surface area contributed by atoms with E-state index in [2.05, 4.69) is 0 Å². The molecule has 1 N–H and O–H groups in total. The first kappa shape index (κ1) is 13.5. The molecule has 2 aromatic carbocycles. The number of hydrogen-bond acceptors (Lipinski definition) is 1. The monoisotopic (exact) mass is 270 g/mol. The van der Waals surface area contributed by atoms with Gasteiger partial charge >= 0.3 is 0 Å². The average Bonchev–Trinajstić information content (AvgIpc) is 2.37. The van der Waals surface area contributed by atoms with Gasteiger partial charge in [-0.2, -0.15) is 0 Å². The summed E-state index contributed by atoms with van der Waals surface area (Å²) in [6, 6.07) is 5.30. The third-order valence-corrected chi connectivity index (χ3v) is 2.83. The van der Waals surface area contributed by atoms with Crippen LogP contribution in [0.4, 0.5) is 17.6 Å². The van der Waals surface area contributed by atoms with Crippen molar-refractivity contribution in [3.63, 3.8) is 0 Å². The van der Waals surface area contributed by atoms with Crippen molar-refractivity contribution < 1.29 is 22.7 Å². The largest absolute Gasteiger partial charge is 0.384 e. The highest BCUT2D eigenvalue weighted by Gasteiger charge is 2.17. The number of aliphatic hydroxyl groups excluding tert-OH is 1. The van der Waals surface area contributed by atoms with Crippen molar-refractivity contribution in [1.29, 1.82) is 0 Å². The fourth-order valence-corrected chi connectivity index (χ4v) is 1.70. The molecule has 0 aromatic heterocycles. The molecule has 0 aliphatic rings. The van der Waals surface area contributed by atoms with E-state index in [1.54, 1.807) is 6.92 Å². The molecule has 0 heterocycles. The van der Waals surface area contributed by atoms with E-state index in [1.165, 1.54) is 12.1 Å². The fourth-order valence-electron chi connectivity index (χ4n) is 1.70. The Morgan fingerprint density at radius 2 is 1.37 bits per heavy atom. The molecular weight excluding hydrogens is 260 g/mol. The van der Waals surface area contributed by atoms with Gasteiger partial charge in [0.05, 0.1) is 0 Å². The van der Waals surface area contributed by atoms with Crippen LogP contribution in [0.1, 0.15) is 22.8 Å². The van der Waals surface area contributed by atoms with Crippen LogP contribution in [0.5, 0.6) is 0 Å². The van der Waals surface area contributed by atoms with Gasteiger partial charge in [0.25, 0.3) is 0 Å². The Hall–Kier alpha value is -1.88. The lowest BCUT2D eigenvalue weighted by atomic mass is 10.00. The van der Waals surface area contributed by atoms with E-state index in [0.717, 1.165) is 6.07 Å². The Balaban J connectivity index is 2.43. The molecule has 5 heteroatoms. The zero-order valence-electron chi connectivity index (χ0n) is 9.92. The summed E-state index contributed by atoms with van der Waals surface area (Å²) in [5.41, 5.74) is 0.334. The van der Waals surface area contributed by atoms with Crippen LogP contribution in [0.2, 0.25) is 0 Å². The molecule has 2 aromatic rings. The molecule has 19 heavy (non-hydrogen) atoms. The van der Waals surface area contributed by atoms with Crippen molar-refractivity contribution in [3.05, 3.63) is 70.3 Å². The number of aryl methyl sites for hydroxylation is 1. The lowest BCUT2D eigenvalue weighted by Gasteiger charge is -2.13. The zero-order valence-corrected chi connectivity index (χ0v) is 9.92. The molecular formula is C14H10F4O. The lowest BCUT2D eigenvalue weighted by molar-refractivity contribution is 0.218. The molecule has 0 amide bonds. The molecule has 0 bridgehead atoms. The predicted octanol–water partition coefficient (Wildman–Crippen LogP) is 3.63. The van der Waals surface area contributed by atoms with Crippen LogP contribution in [-0.4, -0.2) is 5.11 Å². The van der Waals surface area contributed by atoms with Gasteiger partial charge < -0.3 is 5.11 Å². The molecule has 0 spiro atoms. The van der Waals surface area contributed by atoms with Crippen molar-refractivity contribution in [1.82, 2.24) is 0 Å². The maximum Gasteiger partial charge on any atom is 0.194 e. The van der Waals surface area contributed by atoms with Crippen LogP contribution < -0.4 is 0 Å². The second-order valence-electron chi connectivity index (χ2n) is 4.21. The van der Waals surface area contributed by atoms with E-state index in [-0.39, 0.29) is 11.1 Å². The third kappa shape index (κ3) is 2.61. The van der Waals surface area contributed by atoms with Gasteiger partial charge in [0.2, 0.25) is 0 Å². The third-order valence-electron chi connectivity index (χ3n) is 2.83. The van der Waals surface area contributed by atoms with Gasteiger partial charge in [0.1, 0.15) is 11.9 Å². The second kappa shape index (κ2) is 5.01. The number of benzene rings is 2. The molecule has 0 saturated heterocycles. The van der Waals surface area contributed by atoms with Crippen LogP contribution >= 0.6 is 0 Å². The number of hydrogen-bond donors (Lipinski definition) is 1. The highest BCUT2D eigenvalue weighted by molar-refractivity contribution is 5.33. The maximum absolute atomic E-state index is 13.4. The van der Waals surface area contributed by atoms with Gasteiger partial charge in [0, 0.05) is 0 Å². The Kier molecular flexibility index (Phi) is 3.57. The standard InChI is InChI=1S/C14H10F4O/c1-7-2-3-8(4-10(7)15)14(19)9-5-11(16)13(18)12(17)6-9/h2-6,14,19H,1H3. The first-order valence-corrected chi connectivity index (χ1v) is 5.48. The SMILES string of the molecule is Cc1ccc(C(O)c2cc(F)c(F)c(F)c2)cc1F. The molecule has 0 radical (unpaired) electrons. The van der Waals surface area contributed by atoms with Crippen molar-refractivity contribution in [2.24, 2.45) is 0 Å². The van der Waals surface area contributed by atoms with Gasteiger partial charge in [-0.05, 0) is 41.8 Å². The predicted molar refractivity (Wildman–Crippen MR) is 61.5 cm³/mol. The highest BCUT2D eigenvalue weighted by Crippen LogP contribution is 2.26. The van der Waals surface area contributed by atoms with Gasteiger partial charge in [-0.25, -0.2) is 17.6 Å². The molecule has 0 aliphatic heterocycles. The summed E-state index contributed by atoms with van der Waals surface area (Å²) in [6.07, 6.45) is -1.43. The molecule has 0 fully saturated rings. The Bertz CT molecular complexity index is 602. The first-order chi connectivity index (χ1) is 8.90. The van der Waals surface area contributed by atoms with E-state index in [9.17, 15) is 22.7 Å². The Morgan fingerprint density at radius 3 is 1.89 bits per heavy atom.